The van der Waals surface area contributed by atoms with Crippen LogP contribution in [0, 0.1) is 0 Å². The number of carbonyl (C=O) groups is 3. The van der Waals surface area contributed by atoms with E-state index in [1.807, 2.05) is 24.3 Å². The van der Waals surface area contributed by atoms with E-state index in [2.05, 4.69) is 10.6 Å². The van der Waals surface area contributed by atoms with E-state index >= 15 is 0 Å². The van der Waals surface area contributed by atoms with E-state index in [0.717, 1.165) is 54.3 Å². The molecule has 8 heteroatoms. The number of fused-ring (bicyclic) bond motifs is 2. The normalized spacial score (nSPS) is 13.3. The molecule has 0 radical (unpaired) electrons. The van der Waals surface area contributed by atoms with E-state index in [9.17, 15) is 14.4 Å². The van der Waals surface area contributed by atoms with Crippen LogP contribution in [0.1, 0.15) is 40.9 Å². The molecule has 8 nitrogen and oxygen atoms in total. The van der Waals surface area contributed by atoms with Gasteiger partial charge in [-0.05, 0) is 37.3 Å². The van der Waals surface area contributed by atoms with Gasteiger partial charge in [-0.3, -0.25) is 15.1 Å². The predicted octanol–water partition coefficient (Wildman–Crippen LogP) is 2.13. The molecule has 0 atom stereocenters. The highest BCUT2D eigenvalue weighted by molar-refractivity contribution is 6.06. The number of imide groups is 1. The Morgan fingerprint density at radius 2 is 1.90 bits per heavy atom. The lowest BCUT2D eigenvalue weighted by atomic mass is 9.97. The second-order valence-electron chi connectivity index (χ2n) is 6.86. The number of nitrogens with zero attached hydrogens (tertiary/aromatic N) is 1. The van der Waals surface area contributed by atoms with Crippen LogP contribution >= 0.6 is 0 Å². The fourth-order valence-corrected chi connectivity index (χ4v) is 3.46. The van der Waals surface area contributed by atoms with Crippen molar-refractivity contribution < 1.29 is 23.9 Å². The summed E-state index contributed by atoms with van der Waals surface area (Å²) in [6.45, 7) is 0.0588. The molecule has 2 aromatic rings. The molecule has 29 heavy (non-hydrogen) atoms. The number of esters is 1. The van der Waals surface area contributed by atoms with E-state index in [-0.39, 0.29) is 6.54 Å². The van der Waals surface area contributed by atoms with Gasteiger partial charge >= 0.3 is 12.0 Å². The fourth-order valence-electron chi connectivity index (χ4n) is 3.46. The largest absolute Gasteiger partial charge is 0.452 e. The number of rotatable bonds is 6. The molecule has 0 saturated heterocycles. The molecule has 0 bridgehead atoms. The lowest BCUT2D eigenvalue weighted by molar-refractivity contribution is -0.123. The molecule has 0 unspecified atom stereocenters. The van der Waals surface area contributed by atoms with E-state index in [0.29, 0.717) is 12.2 Å². The molecule has 1 aliphatic carbocycles. The summed E-state index contributed by atoms with van der Waals surface area (Å²) in [4.78, 5) is 41.2. The van der Waals surface area contributed by atoms with Gasteiger partial charge in [-0.1, -0.05) is 24.6 Å². The van der Waals surface area contributed by atoms with E-state index in [1.165, 1.54) is 7.11 Å². The molecule has 0 spiro atoms. The number of nitrogens with one attached hydrogen (secondary N) is 2. The average Bonchev–Trinajstić information content (AvgIpc) is 2.95. The molecule has 3 amide bonds. The van der Waals surface area contributed by atoms with Gasteiger partial charge in [-0.15, -0.1) is 0 Å². The smallest absolute Gasteiger partial charge is 0.339 e. The minimum absolute atomic E-state index is 0.268. The van der Waals surface area contributed by atoms with E-state index in [1.54, 1.807) is 0 Å². The van der Waals surface area contributed by atoms with Crippen molar-refractivity contribution in [3.8, 4) is 0 Å². The van der Waals surface area contributed by atoms with Gasteiger partial charge in [0.15, 0.2) is 6.61 Å². The summed E-state index contributed by atoms with van der Waals surface area (Å²) < 4.78 is 10.1. The lowest BCUT2D eigenvalue weighted by Gasteiger charge is -2.15. The Labute approximate surface area is 169 Å². The number of methoxy groups -OCH3 is 1. The second kappa shape index (κ2) is 9.97. The first kappa shape index (κ1) is 20.7. The Morgan fingerprint density at radius 1 is 1.10 bits per heavy atom. The third-order valence-corrected chi connectivity index (χ3v) is 4.80. The zero-order chi connectivity index (χ0) is 20.6. The number of carbonyl (C=O) groups excluding carboxylic acids is 3. The molecule has 0 aliphatic heterocycles. The van der Waals surface area contributed by atoms with Crippen molar-refractivity contribution in [1.29, 1.82) is 0 Å². The zero-order valence-electron chi connectivity index (χ0n) is 16.5. The monoisotopic (exact) mass is 399 g/mol. The summed E-state index contributed by atoms with van der Waals surface area (Å²) in [6, 6.07) is 6.78. The molecule has 3 rings (SSSR count). The number of amides is 3. The van der Waals surface area contributed by atoms with E-state index < -0.39 is 24.5 Å². The number of hydrogen-bond donors (Lipinski definition) is 2. The zero-order valence-corrected chi connectivity index (χ0v) is 16.5. The highest BCUT2D eigenvalue weighted by Crippen LogP contribution is 2.29. The fraction of sp³-hybridized carbons (Fsp3) is 0.429. The number of urea groups is 1. The summed E-state index contributed by atoms with van der Waals surface area (Å²) in [7, 11) is 1.51. The van der Waals surface area contributed by atoms with Crippen LogP contribution in [0.15, 0.2) is 24.3 Å². The van der Waals surface area contributed by atoms with Crippen LogP contribution in [0.2, 0.25) is 0 Å². The van der Waals surface area contributed by atoms with Gasteiger partial charge in [0, 0.05) is 24.7 Å². The quantitative estimate of drug-likeness (QED) is 0.438. The Morgan fingerprint density at radius 3 is 2.72 bits per heavy atom. The summed E-state index contributed by atoms with van der Waals surface area (Å²) in [5.41, 5.74) is 3.05. The molecular formula is C21H25N3O5. The van der Waals surface area contributed by atoms with Gasteiger partial charge in [-0.2, -0.15) is 0 Å². The van der Waals surface area contributed by atoms with Gasteiger partial charge in [0.05, 0.1) is 17.7 Å². The maximum absolute atomic E-state index is 12.9. The molecule has 1 heterocycles. The average molecular weight is 399 g/mol. The van der Waals surface area contributed by atoms with Crippen LogP contribution < -0.4 is 10.6 Å². The third-order valence-electron chi connectivity index (χ3n) is 4.80. The van der Waals surface area contributed by atoms with E-state index in [4.69, 9.17) is 14.5 Å². The van der Waals surface area contributed by atoms with Gasteiger partial charge in [0.25, 0.3) is 5.91 Å². The third kappa shape index (κ3) is 5.29. The number of pyridine rings is 1. The predicted molar refractivity (Wildman–Crippen MR) is 107 cm³/mol. The number of aromatic nitrogens is 1. The molecule has 0 saturated carbocycles. The summed E-state index contributed by atoms with van der Waals surface area (Å²) in [5.74, 6) is -1.27. The van der Waals surface area contributed by atoms with Crippen molar-refractivity contribution in [2.24, 2.45) is 0 Å². The highest BCUT2D eigenvalue weighted by Gasteiger charge is 2.23. The van der Waals surface area contributed by atoms with Crippen molar-refractivity contribution in [2.75, 3.05) is 26.9 Å². The van der Waals surface area contributed by atoms with Crippen molar-refractivity contribution in [2.45, 2.75) is 32.1 Å². The van der Waals surface area contributed by atoms with Gasteiger partial charge < -0.3 is 14.8 Å². The summed E-state index contributed by atoms with van der Waals surface area (Å²) in [6.07, 6.45) is 4.68. The van der Waals surface area contributed by atoms with Crippen LogP contribution in [0.4, 0.5) is 4.79 Å². The van der Waals surface area contributed by atoms with Gasteiger partial charge in [-0.25, -0.2) is 9.59 Å². The molecule has 1 aromatic heterocycles. The van der Waals surface area contributed by atoms with Crippen LogP contribution in [0.3, 0.4) is 0 Å². The van der Waals surface area contributed by atoms with Crippen molar-refractivity contribution in [3.05, 3.63) is 41.1 Å². The first-order valence-corrected chi connectivity index (χ1v) is 9.74. The number of aryl methyl sites for hydroxylation is 1. The SMILES string of the molecule is COCCNC(=O)NC(=O)COC(=O)c1c2c(nc3ccccc13)CCCCC2. The minimum atomic E-state index is -0.697. The van der Waals surface area contributed by atoms with Crippen molar-refractivity contribution in [3.63, 3.8) is 0 Å². The second-order valence-corrected chi connectivity index (χ2v) is 6.86. The maximum Gasteiger partial charge on any atom is 0.339 e. The van der Waals surface area contributed by atoms with Crippen molar-refractivity contribution >= 4 is 28.8 Å². The number of benzene rings is 1. The van der Waals surface area contributed by atoms with Crippen LogP contribution in [0.5, 0.6) is 0 Å². The molecule has 154 valence electrons. The maximum atomic E-state index is 12.9. The Bertz CT molecular complexity index is 913. The lowest BCUT2D eigenvalue weighted by Crippen LogP contribution is -2.42. The molecule has 0 fully saturated rings. The summed E-state index contributed by atoms with van der Waals surface area (Å²) in [5, 5.41) is 5.30. The molecular weight excluding hydrogens is 374 g/mol. The molecule has 1 aromatic carbocycles. The van der Waals surface area contributed by atoms with Crippen LogP contribution in [-0.2, 0) is 27.1 Å². The van der Waals surface area contributed by atoms with Crippen LogP contribution in [-0.4, -0.2) is 49.8 Å². The van der Waals surface area contributed by atoms with Crippen molar-refractivity contribution in [1.82, 2.24) is 15.6 Å². The van der Waals surface area contributed by atoms with Crippen LogP contribution in [0.25, 0.3) is 10.9 Å². The topological polar surface area (TPSA) is 107 Å². The first-order valence-electron chi connectivity index (χ1n) is 9.74. The standard InChI is InChI=1S/C21H25N3O5/c1-28-12-11-22-21(27)24-18(25)13-29-20(26)19-14-7-3-2-4-9-16(14)23-17-10-6-5-8-15(17)19/h5-6,8,10H,2-4,7,9,11-13H2,1H3,(H2,22,24,25,27). The first-order chi connectivity index (χ1) is 14.1. The Hall–Kier alpha value is -3.00. The number of para-hydroxylation sites is 1. The van der Waals surface area contributed by atoms with Gasteiger partial charge in [0.2, 0.25) is 0 Å². The molecule has 2 N–H and O–H groups in total. The molecule has 1 aliphatic rings. The summed E-state index contributed by atoms with van der Waals surface area (Å²) >= 11 is 0. The number of hydrogen-bond acceptors (Lipinski definition) is 6. The Balaban J connectivity index is 1.73. The number of ether oxygens (including phenoxy) is 2. The highest BCUT2D eigenvalue weighted by atomic mass is 16.5. The Kier molecular flexibility index (Phi) is 7.13. The minimum Gasteiger partial charge on any atom is -0.452 e. The van der Waals surface area contributed by atoms with Gasteiger partial charge in [0.1, 0.15) is 0 Å².